The second-order valence-corrected chi connectivity index (χ2v) is 6.18. The van der Waals surface area contributed by atoms with Crippen LogP contribution in [-0.4, -0.2) is 0 Å². The highest BCUT2D eigenvalue weighted by atomic mass is 32.2. The molecule has 1 aliphatic heterocycles. The maximum atomic E-state index is 9.20. The summed E-state index contributed by atoms with van der Waals surface area (Å²) in [7, 11) is 0. The van der Waals surface area contributed by atoms with Gasteiger partial charge in [0.2, 0.25) is 0 Å². The first-order valence-electron chi connectivity index (χ1n) is 7.11. The van der Waals surface area contributed by atoms with Crippen molar-refractivity contribution in [1.29, 1.82) is 15.8 Å². The van der Waals surface area contributed by atoms with Crippen molar-refractivity contribution in [3.63, 3.8) is 0 Å². The van der Waals surface area contributed by atoms with Gasteiger partial charge in [-0.15, -0.1) is 0 Å². The molecule has 0 unspecified atom stereocenters. The first kappa shape index (κ1) is 15.0. The minimum atomic E-state index is 0.204. The van der Waals surface area contributed by atoms with E-state index in [4.69, 9.17) is 10.5 Å². The highest BCUT2D eigenvalue weighted by Crippen LogP contribution is 2.47. The van der Waals surface area contributed by atoms with Crippen LogP contribution in [0.2, 0.25) is 0 Å². The van der Waals surface area contributed by atoms with Crippen molar-refractivity contribution in [2.24, 2.45) is 0 Å². The van der Waals surface area contributed by atoms with E-state index in [1.807, 2.05) is 30.3 Å². The summed E-state index contributed by atoms with van der Waals surface area (Å²) in [6, 6.07) is 16.4. The second-order valence-electron chi connectivity index (χ2n) is 5.09. The SMILES string of the molecule is N#CCc1cc2c(c(CC#N)c1CC#N)Nc1ccccc1S2. The Hall–Kier alpha value is -2.94. The number of fused-ring (bicyclic) bond motifs is 2. The average molecular weight is 316 g/mol. The third-order valence-corrected chi connectivity index (χ3v) is 4.87. The first-order chi connectivity index (χ1) is 11.3. The zero-order valence-electron chi connectivity index (χ0n) is 12.3. The van der Waals surface area contributed by atoms with Gasteiger partial charge in [0, 0.05) is 9.79 Å². The molecular weight excluding hydrogens is 304 g/mol. The molecule has 23 heavy (non-hydrogen) atoms. The summed E-state index contributed by atoms with van der Waals surface area (Å²) in [5.74, 6) is 0. The van der Waals surface area contributed by atoms with Gasteiger partial charge in [-0.2, -0.15) is 15.8 Å². The molecule has 0 spiro atoms. The molecule has 2 aromatic carbocycles. The van der Waals surface area contributed by atoms with E-state index in [0.29, 0.717) is 0 Å². The van der Waals surface area contributed by atoms with Crippen LogP contribution in [0.5, 0.6) is 0 Å². The number of nitrogens with zero attached hydrogens (tertiary/aromatic N) is 3. The number of para-hydroxylation sites is 1. The van der Waals surface area contributed by atoms with Gasteiger partial charge in [-0.1, -0.05) is 23.9 Å². The van der Waals surface area contributed by atoms with E-state index in [1.54, 1.807) is 11.8 Å². The molecule has 0 atom stereocenters. The van der Waals surface area contributed by atoms with E-state index >= 15 is 0 Å². The van der Waals surface area contributed by atoms with Crippen molar-refractivity contribution in [2.45, 2.75) is 29.1 Å². The molecule has 5 heteroatoms. The summed E-state index contributed by atoms with van der Waals surface area (Å²) in [5, 5.41) is 30.8. The van der Waals surface area contributed by atoms with Gasteiger partial charge in [-0.05, 0) is 34.9 Å². The van der Waals surface area contributed by atoms with Crippen molar-refractivity contribution < 1.29 is 0 Å². The number of anilines is 2. The Morgan fingerprint density at radius 1 is 0.870 bits per heavy atom. The molecule has 1 N–H and O–H groups in total. The van der Waals surface area contributed by atoms with Crippen molar-refractivity contribution in [3.8, 4) is 18.2 Å². The number of rotatable bonds is 3. The van der Waals surface area contributed by atoms with Crippen molar-refractivity contribution in [3.05, 3.63) is 47.0 Å². The van der Waals surface area contributed by atoms with Crippen LogP contribution in [0.3, 0.4) is 0 Å². The molecule has 110 valence electrons. The monoisotopic (exact) mass is 316 g/mol. The number of nitriles is 3. The van der Waals surface area contributed by atoms with Crippen LogP contribution in [0.15, 0.2) is 40.1 Å². The Morgan fingerprint density at radius 3 is 2.30 bits per heavy atom. The lowest BCUT2D eigenvalue weighted by atomic mass is 9.93. The maximum absolute atomic E-state index is 9.20. The van der Waals surface area contributed by atoms with E-state index in [2.05, 4.69) is 23.5 Å². The fourth-order valence-corrected chi connectivity index (χ4v) is 3.85. The largest absolute Gasteiger partial charge is 0.353 e. The van der Waals surface area contributed by atoms with Crippen LogP contribution in [0.1, 0.15) is 16.7 Å². The molecule has 4 nitrogen and oxygen atoms in total. The van der Waals surface area contributed by atoms with Crippen LogP contribution in [0, 0.1) is 34.0 Å². The summed E-state index contributed by atoms with van der Waals surface area (Å²) in [4.78, 5) is 2.11. The topological polar surface area (TPSA) is 83.4 Å². The van der Waals surface area contributed by atoms with E-state index in [0.717, 1.165) is 37.9 Å². The number of benzene rings is 2. The molecule has 0 fully saturated rings. The molecule has 1 heterocycles. The number of hydrogen-bond donors (Lipinski definition) is 1. The Balaban J connectivity index is 2.20. The van der Waals surface area contributed by atoms with E-state index in [1.165, 1.54) is 0 Å². The summed E-state index contributed by atoms with van der Waals surface area (Å²) < 4.78 is 0. The van der Waals surface area contributed by atoms with Gasteiger partial charge in [-0.25, -0.2) is 0 Å². The van der Waals surface area contributed by atoms with Crippen LogP contribution in [-0.2, 0) is 19.3 Å². The van der Waals surface area contributed by atoms with E-state index < -0.39 is 0 Å². The van der Waals surface area contributed by atoms with Gasteiger partial charge >= 0.3 is 0 Å². The molecule has 0 amide bonds. The van der Waals surface area contributed by atoms with Crippen molar-refractivity contribution >= 4 is 23.1 Å². The molecule has 0 radical (unpaired) electrons. The molecule has 0 aliphatic carbocycles. The summed E-state index contributed by atoms with van der Waals surface area (Å²) in [6.45, 7) is 0. The zero-order valence-corrected chi connectivity index (χ0v) is 13.1. The Labute approximate surface area is 139 Å². The smallest absolute Gasteiger partial charge is 0.0670 e. The van der Waals surface area contributed by atoms with Gasteiger partial charge in [0.05, 0.1) is 48.8 Å². The van der Waals surface area contributed by atoms with Crippen LogP contribution in [0.4, 0.5) is 11.4 Å². The molecular formula is C18H12N4S. The van der Waals surface area contributed by atoms with Crippen LogP contribution in [0.25, 0.3) is 0 Å². The lowest BCUT2D eigenvalue weighted by Crippen LogP contribution is -2.09. The molecule has 0 bridgehead atoms. The van der Waals surface area contributed by atoms with E-state index in [9.17, 15) is 5.26 Å². The number of hydrogen-bond acceptors (Lipinski definition) is 5. The molecule has 0 saturated heterocycles. The quantitative estimate of drug-likeness (QED) is 0.786. The predicted molar refractivity (Wildman–Crippen MR) is 88.2 cm³/mol. The van der Waals surface area contributed by atoms with Crippen molar-refractivity contribution in [1.82, 2.24) is 0 Å². The standard InChI is InChI=1S/C18H12N4S/c19-8-5-12-11-17-18(14(7-10-21)13(12)6-9-20)22-15-3-1-2-4-16(15)23-17/h1-4,11,22H,5-7H2. The number of nitrogens with one attached hydrogen (secondary N) is 1. The first-order valence-corrected chi connectivity index (χ1v) is 7.92. The van der Waals surface area contributed by atoms with E-state index in [-0.39, 0.29) is 19.3 Å². The summed E-state index contributed by atoms with van der Waals surface area (Å²) in [6.07, 6.45) is 0.661. The van der Waals surface area contributed by atoms with Gasteiger partial charge < -0.3 is 5.32 Å². The van der Waals surface area contributed by atoms with Crippen LogP contribution < -0.4 is 5.32 Å². The third kappa shape index (κ3) is 2.73. The normalized spacial score (nSPS) is 11.2. The average Bonchev–Trinajstić information content (AvgIpc) is 2.56. The third-order valence-electron chi connectivity index (χ3n) is 3.75. The second kappa shape index (κ2) is 6.44. The lowest BCUT2D eigenvalue weighted by Gasteiger charge is -2.25. The minimum Gasteiger partial charge on any atom is -0.353 e. The Morgan fingerprint density at radius 2 is 1.57 bits per heavy atom. The van der Waals surface area contributed by atoms with Gasteiger partial charge in [0.25, 0.3) is 0 Å². The molecule has 0 saturated carbocycles. The van der Waals surface area contributed by atoms with Crippen LogP contribution >= 0.6 is 11.8 Å². The lowest BCUT2D eigenvalue weighted by molar-refractivity contribution is 1.07. The molecule has 0 aromatic heterocycles. The molecule has 3 rings (SSSR count). The van der Waals surface area contributed by atoms with Gasteiger partial charge in [0.1, 0.15) is 0 Å². The van der Waals surface area contributed by atoms with Gasteiger partial charge in [-0.3, -0.25) is 0 Å². The molecule has 2 aromatic rings. The zero-order chi connectivity index (χ0) is 16.2. The molecule has 1 aliphatic rings. The Kier molecular flexibility index (Phi) is 4.20. The van der Waals surface area contributed by atoms with Gasteiger partial charge in [0.15, 0.2) is 0 Å². The maximum Gasteiger partial charge on any atom is 0.0670 e. The highest BCUT2D eigenvalue weighted by Gasteiger charge is 2.23. The summed E-state index contributed by atoms with van der Waals surface area (Å²) in [5.41, 5.74) is 4.37. The fourth-order valence-electron chi connectivity index (χ4n) is 2.76. The minimum absolute atomic E-state index is 0.204. The summed E-state index contributed by atoms with van der Waals surface area (Å²) >= 11 is 1.63. The predicted octanol–water partition coefficient (Wildman–Crippen LogP) is 4.09. The highest BCUT2D eigenvalue weighted by molar-refractivity contribution is 7.99. The Bertz CT molecular complexity index is 897. The van der Waals surface area contributed by atoms with Crippen molar-refractivity contribution in [2.75, 3.05) is 5.32 Å². The fraction of sp³-hybridized carbons (Fsp3) is 0.167.